The highest BCUT2D eigenvalue weighted by molar-refractivity contribution is 5.61. The highest BCUT2D eigenvalue weighted by Crippen LogP contribution is 2.23. The third-order valence-electron chi connectivity index (χ3n) is 3.07. The van der Waals surface area contributed by atoms with Gasteiger partial charge in [0.1, 0.15) is 0 Å². The van der Waals surface area contributed by atoms with Crippen LogP contribution in [-0.2, 0) is 0 Å². The zero-order valence-electron chi connectivity index (χ0n) is 8.93. The summed E-state index contributed by atoms with van der Waals surface area (Å²) in [5, 5.41) is 8.07. The summed E-state index contributed by atoms with van der Waals surface area (Å²) in [5.41, 5.74) is 8.77. The van der Waals surface area contributed by atoms with E-state index in [1.165, 1.54) is 11.1 Å². The van der Waals surface area contributed by atoms with Crippen molar-refractivity contribution in [2.45, 2.75) is 24.9 Å². The molecule has 1 aromatic carbocycles. The first kappa shape index (κ1) is 9.39. The molecule has 16 heavy (non-hydrogen) atoms. The van der Waals surface area contributed by atoms with Crippen LogP contribution in [0.2, 0.25) is 0 Å². The van der Waals surface area contributed by atoms with Gasteiger partial charge in [0.2, 0.25) is 0 Å². The van der Waals surface area contributed by atoms with Gasteiger partial charge >= 0.3 is 0 Å². The van der Waals surface area contributed by atoms with Gasteiger partial charge in [-0.1, -0.05) is 24.3 Å². The summed E-state index contributed by atoms with van der Waals surface area (Å²) in [7, 11) is 0. The van der Waals surface area contributed by atoms with Gasteiger partial charge in [0, 0.05) is 25.3 Å². The molecule has 0 saturated heterocycles. The maximum atomic E-state index is 4.03. The molecule has 2 heterocycles. The van der Waals surface area contributed by atoms with Crippen LogP contribution in [0.25, 0.3) is 0 Å². The lowest BCUT2D eigenvalue weighted by molar-refractivity contribution is 0.610. The molecule has 0 spiro atoms. The molecule has 2 aliphatic rings. The Kier molecular flexibility index (Phi) is 2.33. The summed E-state index contributed by atoms with van der Waals surface area (Å²) >= 11 is 0. The number of nitrogens with zero attached hydrogens (tertiary/aromatic N) is 2. The Hall–Kier alpha value is -1.84. The first-order valence-electron chi connectivity index (χ1n) is 5.57. The third-order valence-corrected chi connectivity index (χ3v) is 3.07. The lowest BCUT2D eigenvalue weighted by Crippen LogP contribution is -2.11. The van der Waals surface area contributed by atoms with E-state index >= 15 is 0 Å². The molecule has 0 amide bonds. The smallest absolute Gasteiger partial charge is 0.0739 e. The summed E-state index contributed by atoms with van der Waals surface area (Å²) in [4.78, 5) is 0. The van der Waals surface area contributed by atoms with Crippen LogP contribution in [0, 0.1) is 0 Å². The van der Waals surface area contributed by atoms with Gasteiger partial charge in [0.15, 0.2) is 0 Å². The molecule has 2 atom stereocenters. The number of hydrazone groups is 2. The average Bonchev–Trinajstić information content (AvgIpc) is 3.03. The van der Waals surface area contributed by atoms with Crippen molar-refractivity contribution >= 4 is 12.4 Å². The molecule has 1 aromatic rings. The quantitative estimate of drug-likeness (QED) is 0.787. The van der Waals surface area contributed by atoms with Crippen molar-refractivity contribution in [1.82, 2.24) is 10.9 Å². The van der Waals surface area contributed by atoms with Gasteiger partial charge in [-0.3, -0.25) is 0 Å². The van der Waals surface area contributed by atoms with E-state index in [0.717, 1.165) is 12.8 Å². The average molecular weight is 214 g/mol. The Labute approximate surface area is 94.4 Å². The molecule has 0 aromatic heterocycles. The topological polar surface area (TPSA) is 48.8 Å². The molecule has 0 saturated carbocycles. The summed E-state index contributed by atoms with van der Waals surface area (Å²) in [6, 6.07) is 9.37. The SMILES string of the molecule is C1=NNC(c2ccc(C3CC=NN3)cc2)C1. The molecule has 2 aliphatic heterocycles. The minimum absolute atomic E-state index is 0.349. The van der Waals surface area contributed by atoms with Gasteiger partial charge < -0.3 is 10.9 Å². The second-order valence-corrected chi connectivity index (χ2v) is 4.12. The van der Waals surface area contributed by atoms with Crippen molar-refractivity contribution in [2.24, 2.45) is 10.2 Å². The van der Waals surface area contributed by atoms with E-state index in [2.05, 4.69) is 45.3 Å². The van der Waals surface area contributed by atoms with Crippen LogP contribution >= 0.6 is 0 Å². The first-order chi connectivity index (χ1) is 7.93. The van der Waals surface area contributed by atoms with Crippen molar-refractivity contribution in [3.05, 3.63) is 35.4 Å². The molecular weight excluding hydrogens is 200 g/mol. The molecule has 0 fully saturated rings. The van der Waals surface area contributed by atoms with Gasteiger partial charge in [-0.2, -0.15) is 10.2 Å². The second-order valence-electron chi connectivity index (χ2n) is 4.12. The van der Waals surface area contributed by atoms with Crippen molar-refractivity contribution in [1.29, 1.82) is 0 Å². The van der Waals surface area contributed by atoms with Crippen molar-refractivity contribution in [2.75, 3.05) is 0 Å². The lowest BCUT2D eigenvalue weighted by Gasteiger charge is -2.13. The number of rotatable bonds is 2. The standard InChI is InChI=1S/C12H14N4/c1-2-10(12-6-8-14-16-12)4-3-9(1)11-5-7-13-15-11/h1-4,7-8,11-12,15-16H,5-6H2. The Balaban J connectivity index is 1.74. The van der Waals surface area contributed by atoms with E-state index in [9.17, 15) is 0 Å². The van der Waals surface area contributed by atoms with E-state index in [1.807, 2.05) is 12.4 Å². The zero-order chi connectivity index (χ0) is 10.8. The van der Waals surface area contributed by atoms with Crippen molar-refractivity contribution in [3.63, 3.8) is 0 Å². The Morgan fingerprint density at radius 3 is 1.56 bits per heavy atom. The van der Waals surface area contributed by atoms with Gasteiger partial charge in [-0.15, -0.1) is 0 Å². The second kappa shape index (κ2) is 3.96. The van der Waals surface area contributed by atoms with Crippen LogP contribution < -0.4 is 10.9 Å². The predicted molar refractivity (Wildman–Crippen MR) is 64.4 cm³/mol. The molecule has 0 bridgehead atoms. The van der Waals surface area contributed by atoms with Gasteiger partial charge in [-0.05, 0) is 11.1 Å². The van der Waals surface area contributed by atoms with Crippen LogP contribution in [0.4, 0.5) is 0 Å². The predicted octanol–water partition coefficient (Wildman–Crippen LogP) is 1.73. The highest BCUT2D eigenvalue weighted by atomic mass is 15.3. The van der Waals surface area contributed by atoms with E-state index < -0.39 is 0 Å². The first-order valence-corrected chi connectivity index (χ1v) is 5.57. The molecule has 4 heteroatoms. The fourth-order valence-corrected chi connectivity index (χ4v) is 2.09. The molecule has 82 valence electrons. The minimum atomic E-state index is 0.349. The maximum Gasteiger partial charge on any atom is 0.0739 e. The van der Waals surface area contributed by atoms with Crippen LogP contribution in [0.3, 0.4) is 0 Å². The van der Waals surface area contributed by atoms with E-state index in [0.29, 0.717) is 12.1 Å². The molecule has 2 unspecified atom stereocenters. The molecule has 0 aliphatic carbocycles. The van der Waals surface area contributed by atoms with E-state index in [-0.39, 0.29) is 0 Å². The monoisotopic (exact) mass is 214 g/mol. The van der Waals surface area contributed by atoms with Crippen LogP contribution in [0.5, 0.6) is 0 Å². The van der Waals surface area contributed by atoms with Crippen molar-refractivity contribution < 1.29 is 0 Å². The molecule has 2 N–H and O–H groups in total. The van der Waals surface area contributed by atoms with Crippen molar-refractivity contribution in [3.8, 4) is 0 Å². The van der Waals surface area contributed by atoms with E-state index in [4.69, 9.17) is 0 Å². The molecule has 0 radical (unpaired) electrons. The molecule has 4 nitrogen and oxygen atoms in total. The fourth-order valence-electron chi connectivity index (χ4n) is 2.09. The Morgan fingerprint density at radius 1 is 0.812 bits per heavy atom. The number of hydrogen-bond donors (Lipinski definition) is 2. The lowest BCUT2D eigenvalue weighted by atomic mass is 10.00. The number of nitrogens with one attached hydrogen (secondary N) is 2. The van der Waals surface area contributed by atoms with Gasteiger partial charge in [0.25, 0.3) is 0 Å². The van der Waals surface area contributed by atoms with Crippen LogP contribution in [0.1, 0.15) is 36.1 Å². The Bertz CT molecular complexity index is 364. The highest BCUT2D eigenvalue weighted by Gasteiger charge is 2.16. The molecule has 3 rings (SSSR count). The number of benzene rings is 1. The summed E-state index contributed by atoms with van der Waals surface area (Å²) in [6.07, 6.45) is 5.80. The van der Waals surface area contributed by atoms with E-state index in [1.54, 1.807) is 0 Å². The third kappa shape index (κ3) is 1.66. The summed E-state index contributed by atoms with van der Waals surface area (Å²) in [5.74, 6) is 0. The Morgan fingerprint density at radius 2 is 1.25 bits per heavy atom. The summed E-state index contributed by atoms with van der Waals surface area (Å²) in [6.45, 7) is 0. The summed E-state index contributed by atoms with van der Waals surface area (Å²) < 4.78 is 0. The minimum Gasteiger partial charge on any atom is -0.303 e. The van der Waals surface area contributed by atoms with Crippen LogP contribution in [0.15, 0.2) is 34.5 Å². The zero-order valence-corrected chi connectivity index (χ0v) is 8.93. The largest absolute Gasteiger partial charge is 0.303 e. The maximum absolute atomic E-state index is 4.03. The fraction of sp³-hybridized carbons (Fsp3) is 0.333. The normalized spacial score (nSPS) is 26.8. The van der Waals surface area contributed by atoms with Gasteiger partial charge in [-0.25, -0.2) is 0 Å². The number of hydrogen-bond acceptors (Lipinski definition) is 4. The van der Waals surface area contributed by atoms with Crippen LogP contribution in [-0.4, -0.2) is 12.4 Å². The molecular formula is C12H14N4. The van der Waals surface area contributed by atoms with Gasteiger partial charge in [0.05, 0.1) is 12.1 Å².